The first-order chi connectivity index (χ1) is 18.8. The number of piperidine rings is 1. The van der Waals surface area contributed by atoms with E-state index < -0.39 is 18.1 Å². The average Bonchev–Trinajstić information content (AvgIpc) is 3.48. The van der Waals surface area contributed by atoms with Gasteiger partial charge in [-0.15, -0.1) is 0 Å². The Bertz CT molecular complexity index is 1330. The topological polar surface area (TPSA) is 86.4 Å². The van der Waals surface area contributed by atoms with Crippen LogP contribution in [0.1, 0.15) is 25.7 Å². The lowest BCUT2D eigenvalue weighted by Gasteiger charge is -2.37. The maximum Gasteiger partial charge on any atom is 0.408 e. The molecule has 3 atom stereocenters. The molecule has 3 saturated heterocycles. The summed E-state index contributed by atoms with van der Waals surface area (Å²) in [4.78, 5) is 28.1. The molecule has 0 saturated carbocycles. The highest BCUT2D eigenvalue weighted by Crippen LogP contribution is 2.38. The van der Waals surface area contributed by atoms with Crippen molar-refractivity contribution in [2.45, 2.75) is 50.0 Å². The number of anilines is 2. The molecule has 3 aliphatic heterocycles. The summed E-state index contributed by atoms with van der Waals surface area (Å²) in [6.45, 7) is 5.43. The van der Waals surface area contributed by atoms with Crippen molar-refractivity contribution >= 4 is 28.4 Å². The van der Waals surface area contributed by atoms with Gasteiger partial charge in [-0.3, -0.25) is 4.79 Å². The number of aromatic amines is 1. The Labute approximate surface area is 224 Å². The highest BCUT2D eigenvalue weighted by molar-refractivity contribution is 5.92. The second-order valence-corrected chi connectivity index (χ2v) is 10.6. The van der Waals surface area contributed by atoms with Crippen molar-refractivity contribution in [3.05, 3.63) is 49.3 Å². The van der Waals surface area contributed by atoms with Gasteiger partial charge in [-0.2, -0.15) is 13.2 Å². The standard InChI is InChI=1S/C28H31F3N6O2/c1-2-24(38)36-11-9-18(10-12-36)25(28(29,30)31)34-19-5-3-17(4-6-19)23-13-22-26(35-23)32-16-33-27(22)37-20-7-8-21(37)15-39-14-20/h2-6,13,16,18,20-21,25,34H,1,7-12,14-15H2,(H,32,33,35). The largest absolute Gasteiger partial charge is 0.408 e. The van der Waals surface area contributed by atoms with Crippen molar-refractivity contribution in [3.63, 3.8) is 0 Å². The van der Waals surface area contributed by atoms with Gasteiger partial charge in [-0.05, 0) is 61.4 Å². The number of carbonyl (C=O) groups excluding carboxylic acids is 1. The van der Waals surface area contributed by atoms with E-state index in [2.05, 4.69) is 31.7 Å². The van der Waals surface area contributed by atoms with Gasteiger partial charge in [-0.25, -0.2) is 9.97 Å². The van der Waals surface area contributed by atoms with Crippen LogP contribution in [-0.4, -0.2) is 76.4 Å². The molecule has 39 heavy (non-hydrogen) atoms. The lowest BCUT2D eigenvalue weighted by atomic mass is 9.88. The average molecular weight is 541 g/mol. The van der Waals surface area contributed by atoms with Crippen LogP contribution in [0.5, 0.6) is 0 Å². The van der Waals surface area contributed by atoms with Gasteiger partial charge in [0, 0.05) is 24.5 Å². The third-order valence-corrected chi connectivity index (χ3v) is 8.26. The molecule has 2 N–H and O–H groups in total. The number of hydrogen-bond acceptors (Lipinski definition) is 6. The summed E-state index contributed by atoms with van der Waals surface area (Å²) in [5.74, 6) is 0.0260. The van der Waals surface area contributed by atoms with Crippen LogP contribution in [0.4, 0.5) is 24.7 Å². The molecule has 6 rings (SSSR count). The Morgan fingerprint density at radius 2 is 1.79 bits per heavy atom. The fourth-order valence-corrected chi connectivity index (χ4v) is 6.24. The highest BCUT2D eigenvalue weighted by atomic mass is 19.4. The molecule has 3 aliphatic rings. The van der Waals surface area contributed by atoms with Gasteiger partial charge in [0.1, 0.15) is 23.8 Å². The minimum Gasteiger partial charge on any atom is -0.377 e. The van der Waals surface area contributed by atoms with Gasteiger partial charge in [0.15, 0.2) is 0 Å². The number of H-pyrrole nitrogens is 1. The third kappa shape index (κ3) is 4.95. The summed E-state index contributed by atoms with van der Waals surface area (Å²) in [7, 11) is 0. The zero-order valence-corrected chi connectivity index (χ0v) is 21.5. The van der Waals surface area contributed by atoms with Gasteiger partial charge in [0.25, 0.3) is 0 Å². The molecule has 5 heterocycles. The second kappa shape index (κ2) is 10.2. The molecule has 3 unspecified atom stereocenters. The normalized spacial score (nSPS) is 22.7. The van der Waals surface area contributed by atoms with E-state index >= 15 is 0 Å². The zero-order chi connectivity index (χ0) is 27.1. The number of fused-ring (bicyclic) bond motifs is 3. The van der Waals surface area contributed by atoms with E-state index in [0.717, 1.165) is 41.0 Å². The number of nitrogens with one attached hydrogen (secondary N) is 2. The molecule has 2 aromatic heterocycles. The van der Waals surface area contributed by atoms with E-state index in [1.807, 2.05) is 6.07 Å². The molecule has 1 aromatic carbocycles. The van der Waals surface area contributed by atoms with Crippen LogP contribution < -0.4 is 10.2 Å². The molecule has 0 radical (unpaired) electrons. The van der Waals surface area contributed by atoms with Crippen molar-refractivity contribution in [2.75, 3.05) is 36.5 Å². The molecule has 11 heteroatoms. The number of amides is 1. The Balaban J connectivity index is 1.19. The van der Waals surface area contributed by atoms with E-state index in [4.69, 9.17) is 4.74 Å². The fourth-order valence-electron chi connectivity index (χ4n) is 6.24. The minimum atomic E-state index is -4.42. The van der Waals surface area contributed by atoms with Crippen molar-refractivity contribution in [1.82, 2.24) is 19.9 Å². The van der Waals surface area contributed by atoms with Crippen LogP contribution in [0.15, 0.2) is 49.3 Å². The van der Waals surface area contributed by atoms with Crippen molar-refractivity contribution in [2.24, 2.45) is 5.92 Å². The summed E-state index contributed by atoms with van der Waals surface area (Å²) < 4.78 is 47.8. The number of rotatable bonds is 6. The Morgan fingerprint density at radius 3 is 2.44 bits per heavy atom. The zero-order valence-electron chi connectivity index (χ0n) is 21.5. The number of morpholine rings is 1. The predicted molar refractivity (Wildman–Crippen MR) is 142 cm³/mol. The summed E-state index contributed by atoms with van der Waals surface area (Å²) >= 11 is 0. The van der Waals surface area contributed by atoms with Crippen molar-refractivity contribution in [1.29, 1.82) is 0 Å². The Kier molecular flexibility index (Phi) is 6.70. The van der Waals surface area contributed by atoms with Crippen LogP contribution in [0.2, 0.25) is 0 Å². The maximum atomic E-state index is 14.0. The minimum absolute atomic E-state index is 0.243. The molecule has 0 aliphatic carbocycles. The maximum absolute atomic E-state index is 14.0. The van der Waals surface area contributed by atoms with Crippen molar-refractivity contribution in [3.8, 4) is 11.3 Å². The van der Waals surface area contributed by atoms with E-state index in [9.17, 15) is 18.0 Å². The summed E-state index contributed by atoms with van der Waals surface area (Å²) in [5, 5.41) is 3.64. The number of benzene rings is 1. The number of likely N-dealkylation sites (tertiary alicyclic amines) is 1. The van der Waals surface area contributed by atoms with E-state index in [0.29, 0.717) is 44.1 Å². The number of carbonyl (C=O) groups is 1. The fraction of sp³-hybridized carbons (Fsp3) is 0.464. The summed E-state index contributed by atoms with van der Waals surface area (Å²) in [6, 6.07) is 7.88. The summed E-state index contributed by atoms with van der Waals surface area (Å²) in [5.41, 5.74) is 2.79. The Morgan fingerprint density at radius 1 is 1.10 bits per heavy atom. The predicted octanol–water partition coefficient (Wildman–Crippen LogP) is 4.76. The molecule has 0 spiro atoms. The molecule has 3 aromatic rings. The first-order valence-corrected chi connectivity index (χ1v) is 13.4. The van der Waals surface area contributed by atoms with Gasteiger partial charge in [0.05, 0.1) is 30.7 Å². The number of nitrogens with zero attached hydrogens (tertiary/aromatic N) is 4. The number of alkyl halides is 3. The van der Waals surface area contributed by atoms with Crippen LogP contribution in [0.3, 0.4) is 0 Å². The number of aromatic nitrogens is 3. The van der Waals surface area contributed by atoms with Gasteiger partial charge in [0.2, 0.25) is 5.91 Å². The molecule has 8 nitrogen and oxygen atoms in total. The Hall–Kier alpha value is -3.60. The molecular formula is C28H31F3N6O2. The quantitative estimate of drug-likeness (QED) is 0.439. The molecule has 1 amide bonds. The van der Waals surface area contributed by atoms with Gasteiger partial charge >= 0.3 is 6.18 Å². The second-order valence-electron chi connectivity index (χ2n) is 10.6. The highest BCUT2D eigenvalue weighted by Gasteiger charge is 2.45. The number of ether oxygens (including phenoxy) is 1. The van der Waals surface area contributed by atoms with Gasteiger partial charge < -0.3 is 24.8 Å². The van der Waals surface area contributed by atoms with E-state index in [-0.39, 0.29) is 18.7 Å². The molecule has 2 bridgehead atoms. The smallest absolute Gasteiger partial charge is 0.377 e. The monoisotopic (exact) mass is 540 g/mol. The molecule has 206 valence electrons. The lowest BCUT2D eigenvalue weighted by Crippen LogP contribution is -2.48. The lowest BCUT2D eigenvalue weighted by molar-refractivity contribution is -0.157. The van der Waals surface area contributed by atoms with E-state index in [1.165, 1.54) is 6.08 Å². The van der Waals surface area contributed by atoms with E-state index in [1.54, 1.807) is 35.5 Å². The third-order valence-electron chi connectivity index (χ3n) is 8.26. The number of hydrogen-bond donors (Lipinski definition) is 2. The molecular weight excluding hydrogens is 509 g/mol. The van der Waals surface area contributed by atoms with Crippen LogP contribution in [-0.2, 0) is 9.53 Å². The van der Waals surface area contributed by atoms with Crippen LogP contribution >= 0.6 is 0 Å². The van der Waals surface area contributed by atoms with Crippen molar-refractivity contribution < 1.29 is 22.7 Å². The van der Waals surface area contributed by atoms with Crippen LogP contribution in [0.25, 0.3) is 22.3 Å². The first kappa shape index (κ1) is 25.7. The first-order valence-electron chi connectivity index (χ1n) is 13.4. The molecule has 3 fully saturated rings. The van der Waals surface area contributed by atoms with Gasteiger partial charge in [-0.1, -0.05) is 18.7 Å². The number of halogens is 3. The SMILES string of the molecule is C=CC(=O)N1CCC(C(Nc2ccc(-c3cc4c(N5C6CCC5COC6)ncnc4[nH]3)cc2)C(F)(F)F)CC1. The van der Waals surface area contributed by atoms with Crippen LogP contribution in [0, 0.1) is 5.92 Å². The summed E-state index contributed by atoms with van der Waals surface area (Å²) in [6.07, 6.45) is 1.05.